The van der Waals surface area contributed by atoms with Crippen molar-refractivity contribution in [2.75, 3.05) is 13.1 Å². The average molecular weight is 199 g/mol. The van der Waals surface area contributed by atoms with Crippen molar-refractivity contribution >= 4 is 0 Å². The Morgan fingerprint density at radius 3 is 1.86 bits per heavy atom. The van der Waals surface area contributed by atoms with Crippen molar-refractivity contribution in [3.63, 3.8) is 0 Å². The lowest BCUT2D eigenvalue weighted by Gasteiger charge is -2.28. The Labute approximate surface area is 90.7 Å². The van der Waals surface area contributed by atoms with E-state index in [0.717, 1.165) is 19.0 Å². The third-order valence-corrected chi connectivity index (χ3v) is 2.89. The summed E-state index contributed by atoms with van der Waals surface area (Å²) in [6.07, 6.45) is 1.28. The minimum atomic E-state index is 0.408. The molecule has 0 aliphatic carbocycles. The van der Waals surface area contributed by atoms with Crippen LogP contribution in [0.2, 0.25) is 0 Å². The predicted molar refractivity (Wildman–Crippen MR) is 65.6 cm³/mol. The molecule has 0 aliphatic heterocycles. The van der Waals surface area contributed by atoms with Crippen LogP contribution in [0.25, 0.3) is 0 Å². The molecule has 0 aliphatic rings. The van der Waals surface area contributed by atoms with E-state index < -0.39 is 0 Å². The molecular weight excluding hydrogens is 170 g/mol. The molecule has 1 heteroatoms. The summed E-state index contributed by atoms with van der Waals surface area (Å²) in [6, 6.07) is 0. The molecule has 0 fully saturated rings. The molecule has 86 valence electrons. The molecule has 0 bridgehead atoms. The molecule has 0 radical (unpaired) electrons. The monoisotopic (exact) mass is 199 g/mol. The topological polar surface area (TPSA) is 12.0 Å². The smallest absolute Gasteiger partial charge is 0.0000124 e. The number of hydrogen-bond donors (Lipinski definition) is 1. The maximum atomic E-state index is 3.53. The van der Waals surface area contributed by atoms with E-state index in [1.807, 2.05) is 0 Å². The highest BCUT2D eigenvalue weighted by Gasteiger charge is 2.19. The van der Waals surface area contributed by atoms with Gasteiger partial charge in [0.2, 0.25) is 0 Å². The quantitative estimate of drug-likeness (QED) is 0.681. The molecule has 0 rings (SSSR count). The molecule has 0 amide bonds. The molecule has 1 unspecified atom stereocenters. The Morgan fingerprint density at radius 2 is 1.50 bits per heavy atom. The van der Waals surface area contributed by atoms with Crippen LogP contribution >= 0.6 is 0 Å². The first-order chi connectivity index (χ1) is 6.13. The third-order valence-electron chi connectivity index (χ3n) is 2.89. The van der Waals surface area contributed by atoms with Crippen LogP contribution in [0.1, 0.15) is 54.9 Å². The van der Waals surface area contributed by atoms with Crippen LogP contribution < -0.4 is 5.32 Å². The summed E-state index contributed by atoms with van der Waals surface area (Å²) >= 11 is 0. The number of hydrogen-bond acceptors (Lipinski definition) is 1. The zero-order chi connectivity index (χ0) is 11.4. The maximum absolute atomic E-state index is 3.53. The Kier molecular flexibility index (Phi) is 5.14. The fraction of sp³-hybridized carbons (Fsp3) is 1.00. The van der Waals surface area contributed by atoms with E-state index in [2.05, 4.69) is 53.8 Å². The molecule has 0 spiro atoms. The van der Waals surface area contributed by atoms with Crippen molar-refractivity contribution < 1.29 is 0 Å². The van der Waals surface area contributed by atoms with E-state index >= 15 is 0 Å². The summed E-state index contributed by atoms with van der Waals surface area (Å²) in [4.78, 5) is 0. The van der Waals surface area contributed by atoms with Crippen LogP contribution in [0.5, 0.6) is 0 Å². The van der Waals surface area contributed by atoms with E-state index in [4.69, 9.17) is 0 Å². The molecule has 0 aromatic carbocycles. The molecule has 0 aromatic rings. The third kappa shape index (κ3) is 7.37. The van der Waals surface area contributed by atoms with Gasteiger partial charge in [0, 0.05) is 0 Å². The first-order valence-electron chi connectivity index (χ1n) is 5.83. The molecule has 0 aromatic heterocycles. The van der Waals surface area contributed by atoms with Gasteiger partial charge in [-0.15, -0.1) is 0 Å². The zero-order valence-electron chi connectivity index (χ0n) is 11.2. The van der Waals surface area contributed by atoms with E-state index in [9.17, 15) is 0 Å². The van der Waals surface area contributed by atoms with Crippen molar-refractivity contribution in [1.82, 2.24) is 5.32 Å². The Hall–Kier alpha value is -0.0400. The molecule has 1 nitrogen and oxygen atoms in total. The van der Waals surface area contributed by atoms with Crippen LogP contribution in [-0.2, 0) is 0 Å². The van der Waals surface area contributed by atoms with Crippen molar-refractivity contribution in [2.24, 2.45) is 16.7 Å². The lowest BCUT2D eigenvalue weighted by atomic mass is 9.80. The summed E-state index contributed by atoms with van der Waals surface area (Å²) in [5, 5.41) is 3.53. The van der Waals surface area contributed by atoms with Gasteiger partial charge in [0.1, 0.15) is 0 Å². The highest BCUT2D eigenvalue weighted by molar-refractivity contribution is 4.71. The summed E-state index contributed by atoms with van der Waals surface area (Å²) in [7, 11) is 0. The van der Waals surface area contributed by atoms with Crippen molar-refractivity contribution in [1.29, 1.82) is 0 Å². The normalized spacial score (nSPS) is 15.6. The zero-order valence-corrected chi connectivity index (χ0v) is 11.2. The fourth-order valence-corrected chi connectivity index (χ4v) is 1.21. The van der Waals surface area contributed by atoms with Crippen molar-refractivity contribution in [2.45, 2.75) is 54.9 Å². The lowest BCUT2D eigenvalue weighted by Crippen LogP contribution is -2.30. The molecular formula is C13H29N. The summed E-state index contributed by atoms with van der Waals surface area (Å²) in [5.41, 5.74) is 0.856. The Morgan fingerprint density at radius 1 is 1.00 bits per heavy atom. The molecule has 0 saturated heterocycles. The largest absolute Gasteiger partial charge is 0.316 e. The minimum Gasteiger partial charge on any atom is -0.316 e. The second-order valence-electron chi connectivity index (χ2n) is 6.79. The lowest BCUT2D eigenvalue weighted by molar-refractivity contribution is 0.241. The van der Waals surface area contributed by atoms with Crippen LogP contribution in [0, 0.1) is 16.7 Å². The highest BCUT2D eigenvalue weighted by Crippen LogP contribution is 2.27. The number of rotatable bonds is 4. The molecule has 1 N–H and O–H groups in total. The van der Waals surface area contributed by atoms with Gasteiger partial charge < -0.3 is 5.32 Å². The fourth-order valence-electron chi connectivity index (χ4n) is 1.21. The van der Waals surface area contributed by atoms with Crippen molar-refractivity contribution in [3.8, 4) is 0 Å². The van der Waals surface area contributed by atoms with Crippen molar-refractivity contribution in [3.05, 3.63) is 0 Å². The van der Waals surface area contributed by atoms with Gasteiger partial charge in [0.25, 0.3) is 0 Å². The summed E-state index contributed by atoms with van der Waals surface area (Å²) in [6.45, 7) is 18.4. The standard InChI is InChI=1S/C13H29N/c1-11(13(5,6)7)8-9-14-10-12(2,3)4/h11,14H,8-10H2,1-7H3. The Bertz CT molecular complexity index is 148. The van der Waals surface area contributed by atoms with Crippen LogP contribution in [0.3, 0.4) is 0 Å². The van der Waals surface area contributed by atoms with E-state index in [1.165, 1.54) is 6.42 Å². The van der Waals surface area contributed by atoms with Crippen LogP contribution in [0.15, 0.2) is 0 Å². The highest BCUT2D eigenvalue weighted by atomic mass is 14.9. The minimum absolute atomic E-state index is 0.408. The van der Waals surface area contributed by atoms with Crippen LogP contribution in [-0.4, -0.2) is 13.1 Å². The SMILES string of the molecule is CC(CCNCC(C)(C)C)C(C)(C)C. The average Bonchev–Trinajstić information content (AvgIpc) is 1.93. The van der Waals surface area contributed by atoms with E-state index in [0.29, 0.717) is 10.8 Å². The van der Waals surface area contributed by atoms with Gasteiger partial charge in [-0.2, -0.15) is 0 Å². The van der Waals surface area contributed by atoms with Crippen LogP contribution in [0.4, 0.5) is 0 Å². The second kappa shape index (κ2) is 5.16. The van der Waals surface area contributed by atoms with Gasteiger partial charge in [-0.25, -0.2) is 0 Å². The Balaban J connectivity index is 3.56. The molecule has 14 heavy (non-hydrogen) atoms. The predicted octanol–water partition coefficient (Wildman–Crippen LogP) is 3.69. The first kappa shape index (κ1) is 14.0. The van der Waals surface area contributed by atoms with Gasteiger partial charge in [0.05, 0.1) is 0 Å². The van der Waals surface area contributed by atoms with Gasteiger partial charge in [-0.1, -0.05) is 48.5 Å². The van der Waals surface area contributed by atoms with E-state index in [-0.39, 0.29) is 0 Å². The molecule has 1 atom stereocenters. The number of nitrogens with one attached hydrogen (secondary N) is 1. The maximum Gasteiger partial charge on any atom is -0.0000124 e. The van der Waals surface area contributed by atoms with E-state index in [1.54, 1.807) is 0 Å². The van der Waals surface area contributed by atoms with Gasteiger partial charge in [0.15, 0.2) is 0 Å². The summed E-state index contributed by atoms with van der Waals surface area (Å²) < 4.78 is 0. The van der Waals surface area contributed by atoms with Gasteiger partial charge in [-0.3, -0.25) is 0 Å². The molecule has 0 heterocycles. The molecule has 0 saturated carbocycles. The van der Waals surface area contributed by atoms with Gasteiger partial charge >= 0.3 is 0 Å². The summed E-state index contributed by atoms with van der Waals surface area (Å²) in [5.74, 6) is 0.787. The van der Waals surface area contributed by atoms with Gasteiger partial charge in [-0.05, 0) is 36.3 Å². The first-order valence-corrected chi connectivity index (χ1v) is 5.83. The second-order valence-corrected chi connectivity index (χ2v) is 6.79.